The zero-order chi connectivity index (χ0) is 13.4. The number of nitrogens with two attached hydrogens (primary N) is 1. The van der Waals surface area contributed by atoms with Gasteiger partial charge in [-0.25, -0.2) is 0 Å². The van der Waals surface area contributed by atoms with Crippen LogP contribution in [0.3, 0.4) is 0 Å². The van der Waals surface area contributed by atoms with E-state index < -0.39 is 17.9 Å². The summed E-state index contributed by atoms with van der Waals surface area (Å²) in [4.78, 5) is 22.4. The largest absolute Gasteiger partial charge is 0.481 e. The van der Waals surface area contributed by atoms with Crippen LogP contribution in [0.25, 0.3) is 0 Å². The van der Waals surface area contributed by atoms with Crippen LogP contribution in [-0.4, -0.2) is 43.3 Å². The Morgan fingerprint density at radius 3 is 2.41 bits per heavy atom. The predicted molar refractivity (Wildman–Crippen MR) is 63.4 cm³/mol. The Kier molecular flexibility index (Phi) is 7.49. The van der Waals surface area contributed by atoms with Gasteiger partial charge in [-0.2, -0.15) is 0 Å². The third-order valence-electron chi connectivity index (χ3n) is 2.31. The van der Waals surface area contributed by atoms with Gasteiger partial charge in [-0.15, -0.1) is 0 Å². The summed E-state index contributed by atoms with van der Waals surface area (Å²) in [7, 11) is 1.45. The standard InChI is InChI=1S/C11H22N2O4/c1-7(2)4-8(11(15)16)5-13-10(14)9(12)6-17-3/h7-9H,4-6,12H2,1-3H3,(H,13,14)(H,15,16). The average Bonchev–Trinajstić information content (AvgIpc) is 2.23. The summed E-state index contributed by atoms with van der Waals surface area (Å²) in [5, 5.41) is 11.5. The van der Waals surface area contributed by atoms with Crippen molar-refractivity contribution in [3.8, 4) is 0 Å². The molecule has 0 rings (SSSR count). The molecule has 4 N–H and O–H groups in total. The normalized spacial score (nSPS) is 14.4. The predicted octanol–water partition coefficient (Wildman–Crippen LogP) is -0.177. The maximum Gasteiger partial charge on any atom is 0.308 e. The highest BCUT2D eigenvalue weighted by Gasteiger charge is 2.21. The first-order chi connectivity index (χ1) is 7.88. The van der Waals surface area contributed by atoms with E-state index >= 15 is 0 Å². The maximum absolute atomic E-state index is 11.4. The van der Waals surface area contributed by atoms with Crippen molar-refractivity contribution in [1.82, 2.24) is 5.32 Å². The second kappa shape index (κ2) is 8.03. The molecule has 2 unspecified atom stereocenters. The highest BCUT2D eigenvalue weighted by Crippen LogP contribution is 2.10. The van der Waals surface area contributed by atoms with Gasteiger partial charge in [0.05, 0.1) is 12.5 Å². The molecule has 0 aliphatic rings. The van der Waals surface area contributed by atoms with Crippen molar-refractivity contribution in [3.63, 3.8) is 0 Å². The zero-order valence-electron chi connectivity index (χ0n) is 10.6. The Hall–Kier alpha value is -1.14. The van der Waals surface area contributed by atoms with Crippen molar-refractivity contribution in [2.24, 2.45) is 17.6 Å². The first-order valence-electron chi connectivity index (χ1n) is 5.63. The summed E-state index contributed by atoms with van der Waals surface area (Å²) in [6, 6.07) is -0.756. The van der Waals surface area contributed by atoms with Crippen LogP contribution in [0, 0.1) is 11.8 Å². The lowest BCUT2D eigenvalue weighted by Gasteiger charge is -2.17. The molecule has 0 spiro atoms. The number of hydrogen-bond acceptors (Lipinski definition) is 4. The van der Waals surface area contributed by atoms with Gasteiger partial charge in [-0.1, -0.05) is 13.8 Å². The molecule has 0 aromatic heterocycles. The van der Waals surface area contributed by atoms with Gasteiger partial charge in [0.2, 0.25) is 5.91 Å². The lowest BCUT2D eigenvalue weighted by molar-refractivity contribution is -0.142. The van der Waals surface area contributed by atoms with E-state index in [1.807, 2.05) is 13.8 Å². The third-order valence-corrected chi connectivity index (χ3v) is 2.31. The van der Waals surface area contributed by atoms with Gasteiger partial charge in [0.1, 0.15) is 6.04 Å². The molecule has 0 aromatic carbocycles. The van der Waals surface area contributed by atoms with Crippen LogP contribution in [0.1, 0.15) is 20.3 Å². The summed E-state index contributed by atoms with van der Waals surface area (Å²) in [5.41, 5.74) is 5.51. The van der Waals surface area contributed by atoms with Gasteiger partial charge >= 0.3 is 5.97 Å². The summed E-state index contributed by atoms with van der Waals surface area (Å²) >= 11 is 0. The molecule has 0 fully saturated rings. The van der Waals surface area contributed by atoms with Crippen molar-refractivity contribution in [2.45, 2.75) is 26.3 Å². The number of carbonyl (C=O) groups excluding carboxylic acids is 1. The molecule has 6 nitrogen and oxygen atoms in total. The van der Waals surface area contributed by atoms with Crippen LogP contribution in [0.4, 0.5) is 0 Å². The molecular formula is C11H22N2O4. The van der Waals surface area contributed by atoms with Crippen LogP contribution in [0.2, 0.25) is 0 Å². The highest BCUT2D eigenvalue weighted by molar-refractivity contribution is 5.82. The molecule has 0 saturated heterocycles. The molecule has 17 heavy (non-hydrogen) atoms. The van der Waals surface area contributed by atoms with Crippen molar-refractivity contribution in [1.29, 1.82) is 0 Å². The van der Waals surface area contributed by atoms with E-state index in [9.17, 15) is 9.59 Å². The Morgan fingerprint density at radius 2 is 2.00 bits per heavy atom. The van der Waals surface area contributed by atoms with E-state index in [4.69, 9.17) is 15.6 Å². The minimum Gasteiger partial charge on any atom is -0.481 e. The van der Waals surface area contributed by atoms with Crippen LogP contribution < -0.4 is 11.1 Å². The number of carboxylic acid groups (broad SMARTS) is 1. The van der Waals surface area contributed by atoms with Crippen LogP contribution in [-0.2, 0) is 14.3 Å². The molecule has 0 saturated carbocycles. The van der Waals surface area contributed by atoms with E-state index in [-0.39, 0.29) is 25.0 Å². The number of aliphatic carboxylic acids is 1. The van der Waals surface area contributed by atoms with E-state index in [0.29, 0.717) is 6.42 Å². The van der Waals surface area contributed by atoms with Crippen molar-refractivity contribution >= 4 is 11.9 Å². The monoisotopic (exact) mass is 246 g/mol. The van der Waals surface area contributed by atoms with Gasteiger partial charge in [-0.05, 0) is 12.3 Å². The summed E-state index contributed by atoms with van der Waals surface area (Å²) in [6.45, 7) is 4.10. The lowest BCUT2D eigenvalue weighted by atomic mass is 9.97. The maximum atomic E-state index is 11.4. The average molecular weight is 246 g/mol. The van der Waals surface area contributed by atoms with Gasteiger partial charge in [-0.3, -0.25) is 9.59 Å². The first kappa shape index (κ1) is 15.9. The molecule has 0 heterocycles. The van der Waals surface area contributed by atoms with E-state index in [2.05, 4.69) is 5.32 Å². The number of carboxylic acids is 1. The molecule has 0 bridgehead atoms. The quantitative estimate of drug-likeness (QED) is 0.551. The number of hydrogen-bond donors (Lipinski definition) is 3. The molecule has 2 atom stereocenters. The third kappa shape index (κ3) is 6.91. The van der Waals surface area contributed by atoms with E-state index in [1.54, 1.807) is 0 Å². The Balaban J connectivity index is 4.12. The topological polar surface area (TPSA) is 102 Å². The summed E-state index contributed by atoms with van der Waals surface area (Å²) in [6.07, 6.45) is 0.523. The molecule has 0 aliphatic heterocycles. The fraction of sp³-hybridized carbons (Fsp3) is 0.818. The minimum atomic E-state index is -0.903. The molecule has 100 valence electrons. The Bertz CT molecular complexity index is 256. The van der Waals surface area contributed by atoms with E-state index in [1.165, 1.54) is 7.11 Å². The molecule has 0 aromatic rings. The van der Waals surface area contributed by atoms with Gasteiger partial charge in [0, 0.05) is 13.7 Å². The number of carbonyl (C=O) groups is 2. The number of amides is 1. The summed E-state index contributed by atoms with van der Waals surface area (Å²) < 4.78 is 4.74. The van der Waals surface area contributed by atoms with E-state index in [0.717, 1.165) is 0 Å². The van der Waals surface area contributed by atoms with Crippen molar-refractivity contribution in [2.75, 3.05) is 20.3 Å². The molecule has 1 amide bonds. The Labute approximate surface area is 102 Å². The minimum absolute atomic E-state index is 0.101. The summed E-state index contributed by atoms with van der Waals surface area (Å²) in [5.74, 6) is -1.60. The fourth-order valence-corrected chi connectivity index (χ4v) is 1.45. The number of nitrogens with one attached hydrogen (secondary N) is 1. The zero-order valence-corrected chi connectivity index (χ0v) is 10.6. The first-order valence-corrected chi connectivity index (χ1v) is 5.63. The molecular weight excluding hydrogens is 224 g/mol. The van der Waals surface area contributed by atoms with Crippen molar-refractivity contribution < 1.29 is 19.4 Å². The number of ether oxygens (including phenoxy) is 1. The fourth-order valence-electron chi connectivity index (χ4n) is 1.45. The smallest absolute Gasteiger partial charge is 0.308 e. The number of rotatable bonds is 8. The second-order valence-electron chi connectivity index (χ2n) is 4.47. The van der Waals surface area contributed by atoms with Gasteiger partial charge in [0.25, 0.3) is 0 Å². The highest BCUT2D eigenvalue weighted by atomic mass is 16.5. The van der Waals surface area contributed by atoms with Crippen LogP contribution in [0.15, 0.2) is 0 Å². The van der Waals surface area contributed by atoms with Crippen LogP contribution >= 0.6 is 0 Å². The lowest BCUT2D eigenvalue weighted by Crippen LogP contribution is -2.45. The molecule has 6 heteroatoms. The Morgan fingerprint density at radius 1 is 1.41 bits per heavy atom. The molecule has 0 radical (unpaired) electrons. The second-order valence-corrected chi connectivity index (χ2v) is 4.47. The van der Waals surface area contributed by atoms with Crippen molar-refractivity contribution in [3.05, 3.63) is 0 Å². The molecule has 0 aliphatic carbocycles. The van der Waals surface area contributed by atoms with Crippen LogP contribution in [0.5, 0.6) is 0 Å². The van der Waals surface area contributed by atoms with Gasteiger partial charge < -0.3 is 20.9 Å². The SMILES string of the molecule is COCC(N)C(=O)NCC(CC(C)C)C(=O)O. The van der Waals surface area contributed by atoms with Gasteiger partial charge in [0.15, 0.2) is 0 Å². The number of methoxy groups -OCH3 is 1.